The molecule has 166 valence electrons. The summed E-state index contributed by atoms with van der Waals surface area (Å²) in [4.78, 5) is 38.8. The maximum atomic E-state index is 13.6. The number of amides is 2. The Morgan fingerprint density at radius 2 is 1.18 bits per heavy atom. The molecule has 1 heterocycles. The predicted octanol–water partition coefficient (Wildman–Crippen LogP) is 5.02. The van der Waals surface area contributed by atoms with Gasteiger partial charge in [-0.2, -0.15) is 0 Å². The summed E-state index contributed by atoms with van der Waals surface area (Å²) in [5.74, 6) is -1.72. The van der Waals surface area contributed by atoms with Crippen molar-refractivity contribution in [3.63, 3.8) is 0 Å². The number of hydrogen-bond donors (Lipinski definition) is 0. The first kappa shape index (κ1) is 20.3. The van der Waals surface area contributed by atoms with Crippen LogP contribution >= 0.6 is 0 Å². The number of anilines is 1. The van der Waals surface area contributed by atoms with Gasteiger partial charge in [-0.3, -0.25) is 19.7 Å². The van der Waals surface area contributed by atoms with Crippen molar-refractivity contribution in [2.75, 3.05) is 4.90 Å². The highest BCUT2D eigenvalue weighted by Gasteiger charge is 2.62. The van der Waals surface area contributed by atoms with Crippen molar-refractivity contribution in [1.29, 1.82) is 0 Å². The molecule has 6 heteroatoms. The molecule has 2 fully saturated rings. The summed E-state index contributed by atoms with van der Waals surface area (Å²) in [7, 11) is 0. The van der Waals surface area contributed by atoms with Gasteiger partial charge in [0.25, 0.3) is 5.69 Å². The number of imide groups is 1. The minimum Gasteiger partial charge on any atom is -0.274 e. The van der Waals surface area contributed by atoms with Crippen molar-refractivity contribution in [1.82, 2.24) is 0 Å². The first-order valence-corrected chi connectivity index (χ1v) is 11.2. The van der Waals surface area contributed by atoms with Gasteiger partial charge < -0.3 is 0 Å². The first-order valence-electron chi connectivity index (χ1n) is 11.2. The number of nitro groups is 1. The van der Waals surface area contributed by atoms with Gasteiger partial charge in [0, 0.05) is 24.0 Å². The number of nitro benzene ring substituents is 1. The summed E-state index contributed by atoms with van der Waals surface area (Å²) in [5.41, 5.74) is 4.64. The van der Waals surface area contributed by atoms with Gasteiger partial charge in [0.05, 0.1) is 22.4 Å². The fourth-order valence-corrected chi connectivity index (χ4v) is 5.78. The van der Waals surface area contributed by atoms with E-state index in [0.29, 0.717) is 5.69 Å². The van der Waals surface area contributed by atoms with Gasteiger partial charge in [0.15, 0.2) is 0 Å². The van der Waals surface area contributed by atoms with Crippen molar-refractivity contribution < 1.29 is 14.5 Å². The van der Waals surface area contributed by atoms with Crippen LogP contribution in [-0.2, 0) is 9.59 Å². The van der Waals surface area contributed by atoms with Gasteiger partial charge >= 0.3 is 0 Å². The van der Waals surface area contributed by atoms with Crippen LogP contribution < -0.4 is 4.90 Å². The van der Waals surface area contributed by atoms with Gasteiger partial charge in [-0.25, -0.2) is 4.90 Å². The number of allylic oxidation sites excluding steroid dienone is 3. The number of rotatable bonds is 4. The molecule has 0 N–H and O–H groups in total. The van der Waals surface area contributed by atoms with E-state index in [1.807, 2.05) is 36.4 Å². The zero-order chi connectivity index (χ0) is 23.4. The van der Waals surface area contributed by atoms with Crippen LogP contribution in [-0.4, -0.2) is 16.7 Å². The van der Waals surface area contributed by atoms with Crippen LogP contribution in [0.15, 0.2) is 103 Å². The molecule has 4 atom stereocenters. The summed E-state index contributed by atoms with van der Waals surface area (Å²) >= 11 is 0. The summed E-state index contributed by atoms with van der Waals surface area (Å²) in [6.45, 7) is 0. The fraction of sp³-hybridized carbons (Fsp3) is 0.143. The maximum absolute atomic E-state index is 13.6. The highest BCUT2D eigenvalue weighted by atomic mass is 16.6. The highest BCUT2D eigenvalue weighted by molar-refractivity contribution is 6.23. The standard InChI is InChI=1S/C28H20N2O4/c31-27-25-21-15-16-22(26(25)28(32)29(27)19-11-13-20(14-12-19)30(33)34)24(21)23(17-7-3-1-4-8-17)18-9-5-2-6-10-18/h1-16,21-22,25-26H/t21-,22-,25+,26+/m0/s1. The topological polar surface area (TPSA) is 80.5 Å². The Balaban J connectivity index is 1.44. The lowest BCUT2D eigenvalue weighted by atomic mass is 9.85. The minimum atomic E-state index is -0.498. The number of hydrogen-bond acceptors (Lipinski definition) is 4. The molecule has 6 rings (SSSR count). The normalized spacial score (nSPS) is 24.6. The second-order valence-corrected chi connectivity index (χ2v) is 8.84. The van der Waals surface area contributed by atoms with Gasteiger partial charge in [0.2, 0.25) is 11.8 Å². The Hall–Kier alpha value is -4.32. The number of fused-ring (bicyclic) bond motifs is 5. The van der Waals surface area contributed by atoms with Crippen LogP contribution in [0.2, 0.25) is 0 Å². The molecule has 2 amide bonds. The SMILES string of the molecule is O=C1[C@H]2[C@H](C(=O)N1c1ccc([N+](=O)[O-])cc1)[C@H]1C=C[C@H]2C1=C(c1ccccc1)c1ccccc1. The largest absolute Gasteiger partial charge is 0.274 e. The van der Waals surface area contributed by atoms with Crippen LogP contribution in [0.3, 0.4) is 0 Å². The molecule has 3 aromatic carbocycles. The van der Waals surface area contributed by atoms with Crippen molar-refractivity contribution in [2.45, 2.75) is 0 Å². The highest BCUT2D eigenvalue weighted by Crippen LogP contribution is 2.58. The number of carbonyl (C=O) groups is 2. The van der Waals surface area contributed by atoms with E-state index in [2.05, 4.69) is 36.4 Å². The van der Waals surface area contributed by atoms with Crippen LogP contribution in [0.5, 0.6) is 0 Å². The predicted molar refractivity (Wildman–Crippen MR) is 128 cm³/mol. The summed E-state index contributed by atoms with van der Waals surface area (Å²) in [5, 5.41) is 11.0. The molecule has 1 saturated heterocycles. The molecule has 3 aliphatic rings. The van der Waals surface area contributed by atoms with E-state index in [-0.39, 0.29) is 29.3 Å². The van der Waals surface area contributed by atoms with Gasteiger partial charge in [0.1, 0.15) is 0 Å². The number of benzene rings is 3. The maximum Gasteiger partial charge on any atom is 0.269 e. The molecule has 0 unspecified atom stereocenters. The lowest BCUT2D eigenvalue weighted by molar-refractivity contribution is -0.384. The molecule has 1 saturated carbocycles. The third-order valence-electron chi connectivity index (χ3n) is 7.15. The van der Waals surface area contributed by atoms with Gasteiger partial charge in [-0.05, 0) is 34.4 Å². The fourth-order valence-electron chi connectivity index (χ4n) is 5.78. The average Bonchev–Trinajstić information content (AvgIpc) is 3.50. The molecular formula is C28H20N2O4. The van der Waals surface area contributed by atoms with Crippen molar-refractivity contribution in [2.24, 2.45) is 23.7 Å². The molecular weight excluding hydrogens is 428 g/mol. The third-order valence-corrected chi connectivity index (χ3v) is 7.15. The number of carbonyl (C=O) groups excluding carboxylic acids is 2. The van der Waals surface area contributed by atoms with Gasteiger partial charge in [-0.1, -0.05) is 72.8 Å². The lowest BCUT2D eigenvalue weighted by Crippen LogP contribution is -2.33. The zero-order valence-electron chi connectivity index (χ0n) is 18.1. The van der Waals surface area contributed by atoms with E-state index in [1.54, 1.807) is 0 Å². The summed E-state index contributed by atoms with van der Waals surface area (Å²) in [6, 6.07) is 25.8. The lowest BCUT2D eigenvalue weighted by Gasteiger charge is -2.21. The smallest absolute Gasteiger partial charge is 0.269 e. The van der Waals surface area contributed by atoms with Crippen LogP contribution in [0.25, 0.3) is 5.57 Å². The summed E-state index contributed by atoms with van der Waals surface area (Å²) < 4.78 is 0. The van der Waals surface area contributed by atoms with Crippen molar-refractivity contribution in [3.8, 4) is 0 Å². The first-order chi connectivity index (χ1) is 16.6. The Labute approximate surface area is 196 Å². The zero-order valence-corrected chi connectivity index (χ0v) is 18.1. The van der Waals surface area contributed by atoms with Crippen LogP contribution in [0.1, 0.15) is 11.1 Å². The molecule has 3 aromatic rings. The third kappa shape index (κ3) is 2.88. The van der Waals surface area contributed by atoms with Crippen molar-refractivity contribution >= 4 is 28.8 Å². The minimum absolute atomic E-state index is 0.0784. The van der Waals surface area contributed by atoms with E-state index in [4.69, 9.17) is 0 Å². The molecule has 2 bridgehead atoms. The van der Waals surface area contributed by atoms with Crippen molar-refractivity contribution in [3.05, 3.63) is 124 Å². The number of non-ortho nitro benzene ring substituents is 1. The Bertz CT molecular complexity index is 1300. The molecule has 2 aliphatic carbocycles. The molecule has 0 radical (unpaired) electrons. The molecule has 1 aliphatic heterocycles. The number of nitrogens with zero attached hydrogens (tertiary/aromatic N) is 2. The molecule has 0 spiro atoms. The molecule has 6 nitrogen and oxygen atoms in total. The van der Waals surface area contributed by atoms with E-state index >= 15 is 0 Å². The average molecular weight is 448 g/mol. The Morgan fingerprint density at radius 3 is 1.62 bits per heavy atom. The molecule has 0 aromatic heterocycles. The van der Waals surface area contributed by atoms with Gasteiger partial charge in [-0.15, -0.1) is 0 Å². The Kier molecular flexibility index (Phi) is 4.55. The summed E-state index contributed by atoms with van der Waals surface area (Å²) in [6.07, 6.45) is 4.13. The Morgan fingerprint density at radius 1 is 0.706 bits per heavy atom. The van der Waals surface area contributed by atoms with E-state index in [9.17, 15) is 19.7 Å². The van der Waals surface area contributed by atoms with Crippen LogP contribution in [0, 0.1) is 33.8 Å². The van der Waals surface area contributed by atoms with E-state index in [0.717, 1.165) is 22.3 Å². The molecule has 34 heavy (non-hydrogen) atoms. The second-order valence-electron chi connectivity index (χ2n) is 8.84. The van der Waals surface area contributed by atoms with E-state index < -0.39 is 16.8 Å². The van der Waals surface area contributed by atoms with E-state index in [1.165, 1.54) is 29.2 Å². The second kappa shape index (κ2) is 7.63. The quantitative estimate of drug-likeness (QED) is 0.243. The monoisotopic (exact) mass is 448 g/mol. The van der Waals surface area contributed by atoms with Crippen LogP contribution in [0.4, 0.5) is 11.4 Å².